The molecule has 0 saturated carbocycles. The van der Waals surface area contributed by atoms with E-state index < -0.39 is 0 Å². The highest BCUT2D eigenvalue weighted by Gasteiger charge is 2.05. The Hall–Kier alpha value is -2.63. The molecule has 0 aliphatic rings. The standard InChI is InChI=1S/C13H13N5O/c14-13-10-3-5-15-7-9(10)1-2-11(13)16-6-4-12-17-8-18-19-12/h1-3,5,7-8,16H,4,6,14H2. The molecule has 2 aromatic heterocycles. The maximum Gasteiger partial charge on any atom is 0.228 e. The Morgan fingerprint density at radius 3 is 3.05 bits per heavy atom. The highest BCUT2D eigenvalue weighted by Crippen LogP contribution is 2.27. The van der Waals surface area contributed by atoms with Crippen molar-refractivity contribution in [3.05, 3.63) is 42.8 Å². The molecule has 0 unspecified atom stereocenters. The number of hydrogen-bond donors (Lipinski definition) is 2. The number of nitrogen functional groups attached to an aromatic ring is 1. The molecule has 0 aliphatic heterocycles. The number of hydrogen-bond acceptors (Lipinski definition) is 6. The van der Waals surface area contributed by atoms with Crippen molar-refractivity contribution in [3.63, 3.8) is 0 Å². The van der Waals surface area contributed by atoms with Gasteiger partial charge in [0.25, 0.3) is 0 Å². The lowest BCUT2D eigenvalue weighted by Crippen LogP contribution is -2.07. The molecule has 3 aromatic rings. The minimum absolute atomic E-state index is 0.607. The van der Waals surface area contributed by atoms with Gasteiger partial charge in [0.15, 0.2) is 6.33 Å². The van der Waals surface area contributed by atoms with Crippen LogP contribution < -0.4 is 11.1 Å². The van der Waals surface area contributed by atoms with E-state index in [9.17, 15) is 0 Å². The number of pyridine rings is 1. The Bertz CT molecular complexity index is 681. The fourth-order valence-corrected chi connectivity index (χ4v) is 1.96. The Labute approximate surface area is 109 Å². The highest BCUT2D eigenvalue weighted by molar-refractivity contribution is 5.98. The minimum atomic E-state index is 0.607. The van der Waals surface area contributed by atoms with Gasteiger partial charge in [0, 0.05) is 36.1 Å². The van der Waals surface area contributed by atoms with Gasteiger partial charge in [0.2, 0.25) is 5.89 Å². The fourth-order valence-electron chi connectivity index (χ4n) is 1.96. The number of aromatic nitrogens is 3. The van der Waals surface area contributed by atoms with Crippen LogP contribution in [-0.2, 0) is 6.42 Å². The van der Waals surface area contributed by atoms with E-state index in [2.05, 4.69) is 20.4 Å². The Balaban J connectivity index is 1.76. The molecule has 0 saturated heterocycles. The van der Waals surface area contributed by atoms with Crippen LogP contribution in [0.2, 0.25) is 0 Å². The lowest BCUT2D eigenvalue weighted by molar-refractivity contribution is 0.380. The van der Waals surface area contributed by atoms with Crippen molar-refractivity contribution >= 4 is 22.1 Å². The monoisotopic (exact) mass is 255 g/mol. The summed E-state index contributed by atoms with van der Waals surface area (Å²) in [4.78, 5) is 8.04. The Morgan fingerprint density at radius 1 is 1.26 bits per heavy atom. The topological polar surface area (TPSA) is 89.9 Å². The van der Waals surface area contributed by atoms with Crippen LogP contribution in [0.5, 0.6) is 0 Å². The first-order valence-electron chi connectivity index (χ1n) is 5.96. The molecule has 0 bridgehead atoms. The molecular formula is C13H13N5O. The minimum Gasteiger partial charge on any atom is -0.397 e. The van der Waals surface area contributed by atoms with E-state index >= 15 is 0 Å². The molecule has 3 N–H and O–H groups in total. The zero-order chi connectivity index (χ0) is 13.1. The van der Waals surface area contributed by atoms with Crippen LogP contribution in [0.25, 0.3) is 10.8 Å². The van der Waals surface area contributed by atoms with Gasteiger partial charge in [-0.3, -0.25) is 4.98 Å². The molecule has 96 valence electrons. The normalized spacial score (nSPS) is 10.7. The van der Waals surface area contributed by atoms with Crippen molar-refractivity contribution in [2.75, 3.05) is 17.6 Å². The van der Waals surface area contributed by atoms with Crippen LogP contribution in [0.15, 0.2) is 41.4 Å². The summed E-state index contributed by atoms with van der Waals surface area (Å²) in [6, 6.07) is 5.86. The molecule has 2 heterocycles. The lowest BCUT2D eigenvalue weighted by atomic mass is 10.1. The van der Waals surface area contributed by atoms with Gasteiger partial charge in [-0.2, -0.15) is 4.98 Å². The molecule has 6 nitrogen and oxygen atoms in total. The van der Waals surface area contributed by atoms with Gasteiger partial charge < -0.3 is 15.6 Å². The van der Waals surface area contributed by atoms with Crippen LogP contribution in [-0.4, -0.2) is 21.7 Å². The average Bonchev–Trinajstić information content (AvgIpc) is 2.95. The maximum absolute atomic E-state index is 6.14. The van der Waals surface area contributed by atoms with Gasteiger partial charge in [-0.15, -0.1) is 0 Å². The zero-order valence-electron chi connectivity index (χ0n) is 10.2. The van der Waals surface area contributed by atoms with Gasteiger partial charge in [-0.05, 0) is 12.1 Å². The Morgan fingerprint density at radius 2 is 2.21 bits per heavy atom. The second kappa shape index (κ2) is 4.93. The number of fused-ring (bicyclic) bond motifs is 1. The van der Waals surface area contributed by atoms with Gasteiger partial charge >= 0.3 is 0 Å². The van der Waals surface area contributed by atoms with E-state index in [4.69, 9.17) is 10.3 Å². The van der Waals surface area contributed by atoms with Crippen molar-refractivity contribution in [2.45, 2.75) is 6.42 Å². The number of anilines is 2. The van der Waals surface area contributed by atoms with E-state index in [1.165, 1.54) is 6.33 Å². The highest BCUT2D eigenvalue weighted by atomic mass is 16.5. The summed E-state index contributed by atoms with van der Waals surface area (Å²) < 4.78 is 4.93. The van der Waals surface area contributed by atoms with Crippen molar-refractivity contribution < 1.29 is 4.52 Å². The first-order valence-corrected chi connectivity index (χ1v) is 5.96. The van der Waals surface area contributed by atoms with Crippen LogP contribution in [0.3, 0.4) is 0 Å². The van der Waals surface area contributed by atoms with Crippen molar-refractivity contribution in [1.29, 1.82) is 0 Å². The molecule has 6 heteroatoms. The van der Waals surface area contributed by atoms with Crippen LogP contribution >= 0.6 is 0 Å². The van der Waals surface area contributed by atoms with Gasteiger partial charge in [-0.25, -0.2) is 0 Å². The Kier molecular flexibility index (Phi) is 2.97. The van der Waals surface area contributed by atoms with E-state index in [1.54, 1.807) is 12.4 Å². The SMILES string of the molecule is Nc1c(NCCc2ncno2)ccc2cnccc12. The lowest BCUT2D eigenvalue weighted by Gasteiger charge is -2.10. The molecule has 0 amide bonds. The third-order valence-corrected chi connectivity index (χ3v) is 2.92. The molecule has 3 rings (SSSR count). The fraction of sp³-hybridized carbons (Fsp3) is 0.154. The number of nitrogens with one attached hydrogen (secondary N) is 1. The predicted molar refractivity (Wildman–Crippen MR) is 72.6 cm³/mol. The van der Waals surface area contributed by atoms with Gasteiger partial charge in [0.05, 0.1) is 11.4 Å². The predicted octanol–water partition coefficient (Wildman–Crippen LogP) is 1.85. The second-order valence-electron chi connectivity index (χ2n) is 4.14. The van der Waals surface area contributed by atoms with Gasteiger partial charge in [0.1, 0.15) is 0 Å². The van der Waals surface area contributed by atoms with Crippen molar-refractivity contribution in [2.24, 2.45) is 0 Å². The molecule has 0 radical (unpaired) electrons. The average molecular weight is 255 g/mol. The first kappa shape index (κ1) is 11.5. The van der Waals surface area contributed by atoms with Crippen LogP contribution in [0.4, 0.5) is 11.4 Å². The molecule has 0 atom stereocenters. The van der Waals surface area contributed by atoms with Crippen LogP contribution in [0, 0.1) is 0 Å². The smallest absolute Gasteiger partial charge is 0.228 e. The van der Waals surface area contributed by atoms with Crippen molar-refractivity contribution in [1.82, 2.24) is 15.1 Å². The number of nitrogens with zero attached hydrogens (tertiary/aromatic N) is 3. The van der Waals surface area contributed by atoms with E-state index in [-0.39, 0.29) is 0 Å². The summed E-state index contributed by atoms with van der Waals surface area (Å²) in [6.45, 7) is 0.684. The quantitative estimate of drug-likeness (QED) is 0.691. The molecule has 19 heavy (non-hydrogen) atoms. The largest absolute Gasteiger partial charge is 0.397 e. The third kappa shape index (κ3) is 2.33. The summed E-state index contributed by atoms with van der Waals surface area (Å²) in [6.07, 6.45) is 5.59. The molecule has 0 spiro atoms. The summed E-state index contributed by atoms with van der Waals surface area (Å²) in [5, 5.41) is 8.86. The van der Waals surface area contributed by atoms with Gasteiger partial charge in [-0.1, -0.05) is 11.2 Å². The van der Waals surface area contributed by atoms with E-state index in [0.29, 0.717) is 18.9 Å². The summed E-state index contributed by atoms with van der Waals surface area (Å²) in [5.74, 6) is 0.607. The maximum atomic E-state index is 6.14. The van der Waals surface area contributed by atoms with Crippen LogP contribution in [0.1, 0.15) is 5.89 Å². The summed E-state index contributed by atoms with van der Waals surface area (Å²) >= 11 is 0. The second-order valence-corrected chi connectivity index (χ2v) is 4.14. The molecule has 0 fully saturated rings. The summed E-state index contributed by atoms with van der Waals surface area (Å²) in [5.41, 5.74) is 7.77. The number of rotatable bonds is 4. The van der Waals surface area contributed by atoms with Crippen molar-refractivity contribution in [3.8, 4) is 0 Å². The summed E-state index contributed by atoms with van der Waals surface area (Å²) in [7, 11) is 0. The van der Waals surface area contributed by atoms with E-state index in [0.717, 1.165) is 22.1 Å². The third-order valence-electron chi connectivity index (χ3n) is 2.92. The molecule has 0 aliphatic carbocycles. The number of benzene rings is 1. The first-order chi connectivity index (χ1) is 9.34. The zero-order valence-corrected chi connectivity index (χ0v) is 10.2. The molecular weight excluding hydrogens is 242 g/mol. The van der Waals surface area contributed by atoms with E-state index in [1.807, 2.05) is 18.2 Å². The molecule has 1 aromatic carbocycles. The number of nitrogens with two attached hydrogens (primary N) is 1.